The number of ketones is 1. The van der Waals surface area contributed by atoms with E-state index in [2.05, 4.69) is 4.98 Å². The van der Waals surface area contributed by atoms with E-state index < -0.39 is 17.7 Å². The van der Waals surface area contributed by atoms with Crippen molar-refractivity contribution in [2.24, 2.45) is 0 Å². The normalized spacial score (nSPS) is 17.0. The van der Waals surface area contributed by atoms with Crippen molar-refractivity contribution in [3.63, 3.8) is 0 Å². The summed E-state index contributed by atoms with van der Waals surface area (Å²) in [5.41, 5.74) is 1.43. The largest absolute Gasteiger partial charge is 0.503 e. The number of Topliss-reactive ketones (excluding diaryl/α,β-unsaturated/α-hetero) is 1. The zero-order chi connectivity index (χ0) is 19.7. The number of methoxy groups -OCH3 is 1. The first-order chi connectivity index (χ1) is 12.9. The lowest BCUT2D eigenvalue weighted by atomic mass is 9.95. The summed E-state index contributed by atoms with van der Waals surface area (Å²) < 4.78 is 5.29. The fourth-order valence-electron chi connectivity index (χ4n) is 3.38. The van der Waals surface area contributed by atoms with Crippen LogP contribution in [0.25, 0.3) is 0 Å². The van der Waals surface area contributed by atoms with Crippen LogP contribution >= 0.6 is 11.3 Å². The first-order valence-electron chi connectivity index (χ1n) is 8.75. The monoisotopic (exact) mass is 386 g/mol. The number of nitrogens with zero attached hydrogens (tertiary/aromatic N) is 2. The molecule has 1 aromatic heterocycles. The van der Waals surface area contributed by atoms with E-state index in [9.17, 15) is 14.7 Å². The van der Waals surface area contributed by atoms with Gasteiger partial charge in [0.25, 0.3) is 5.91 Å². The smallest absolute Gasteiger partial charge is 0.290 e. The van der Waals surface area contributed by atoms with Crippen molar-refractivity contribution < 1.29 is 19.4 Å². The first kappa shape index (κ1) is 19.1. The van der Waals surface area contributed by atoms with Gasteiger partial charge in [-0.05, 0) is 38.0 Å². The molecule has 1 atom stereocenters. The van der Waals surface area contributed by atoms with Crippen LogP contribution in [0.3, 0.4) is 0 Å². The molecular formula is C20H22N2O4S. The van der Waals surface area contributed by atoms with Crippen molar-refractivity contribution in [1.29, 1.82) is 0 Å². The van der Waals surface area contributed by atoms with Gasteiger partial charge in [0.1, 0.15) is 5.75 Å². The van der Waals surface area contributed by atoms with E-state index in [1.807, 2.05) is 26.0 Å². The molecule has 0 bridgehead atoms. The molecule has 0 saturated heterocycles. The highest BCUT2D eigenvalue weighted by atomic mass is 32.1. The maximum absolute atomic E-state index is 13.3. The third kappa shape index (κ3) is 3.35. The third-order valence-corrected chi connectivity index (χ3v) is 5.60. The van der Waals surface area contributed by atoms with Crippen LogP contribution in [0.1, 0.15) is 45.3 Å². The molecule has 142 valence electrons. The molecule has 0 spiro atoms. The lowest BCUT2D eigenvalue weighted by Crippen LogP contribution is -2.31. The van der Waals surface area contributed by atoms with Crippen molar-refractivity contribution in [3.05, 3.63) is 56.7 Å². The molecule has 0 saturated carbocycles. The van der Waals surface area contributed by atoms with Gasteiger partial charge in [-0.25, -0.2) is 4.98 Å². The number of carbonyl (C=O) groups excluding carboxylic acids is 2. The average molecular weight is 386 g/mol. The lowest BCUT2D eigenvalue weighted by Gasteiger charge is -2.26. The number of aliphatic hydroxyl groups is 1. The predicted molar refractivity (Wildman–Crippen MR) is 103 cm³/mol. The van der Waals surface area contributed by atoms with Crippen LogP contribution in [0.4, 0.5) is 0 Å². The van der Waals surface area contributed by atoms with Gasteiger partial charge in [-0.3, -0.25) is 9.59 Å². The number of benzene rings is 1. The van der Waals surface area contributed by atoms with Crippen LogP contribution in [0.5, 0.6) is 5.75 Å². The van der Waals surface area contributed by atoms with Gasteiger partial charge >= 0.3 is 0 Å². The third-order valence-electron chi connectivity index (χ3n) is 4.53. The highest BCUT2D eigenvalue weighted by Crippen LogP contribution is 2.40. The summed E-state index contributed by atoms with van der Waals surface area (Å²) in [7, 11) is 1.56. The van der Waals surface area contributed by atoms with E-state index in [0.29, 0.717) is 29.3 Å². The molecule has 1 N–H and O–H groups in total. The van der Waals surface area contributed by atoms with Gasteiger partial charge in [-0.1, -0.05) is 19.1 Å². The SMILES string of the molecule is CCCN1C(=O)C(O)=C(C(=O)c2sc(C)nc2C)C1c1cccc(OC)c1. The second kappa shape index (κ2) is 7.52. The second-order valence-corrected chi connectivity index (χ2v) is 7.62. The molecule has 3 rings (SSSR count). The molecule has 1 amide bonds. The molecular weight excluding hydrogens is 364 g/mol. The number of aryl methyl sites for hydroxylation is 2. The van der Waals surface area contributed by atoms with E-state index in [1.165, 1.54) is 11.3 Å². The molecule has 0 aliphatic carbocycles. The Morgan fingerprint density at radius 3 is 2.70 bits per heavy atom. The molecule has 2 heterocycles. The van der Waals surface area contributed by atoms with Crippen molar-refractivity contribution in [1.82, 2.24) is 9.88 Å². The number of amides is 1. The van der Waals surface area contributed by atoms with Gasteiger partial charge < -0.3 is 14.7 Å². The average Bonchev–Trinajstić information content (AvgIpc) is 3.12. The Kier molecular flexibility index (Phi) is 5.32. The lowest BCUT2D eigenvalue weighted by molar-refractivity contribution is -0.129. The van der Waals surface area contributed by atoms with Gasteiger partial charge in [0.15, 0.2) is 5.76 Å². The van der Waals surface area contributed by atoms with E-state index in [4.69, 9.17) is 4.74 Å². The van der Waals surface area contributed by atoms with Crippen LogP contribution < -0.4 is 4.74 Å². The topological polar surface area (TPSA) is 79.7 Å². The minimum atomic E-state index is -0.651. The highest BCUT2D eigenvalue weighted by molar-refractivity contribution is 7.14. The number of hydrogen-bond acceptors (Lipinski definition) is 6. The molecule has 7 heteroatoms. The van der Waals surface area contributed by atoms with E-state index in [-0.39, 0.29) is 11.4 Å². The molecule has 2 aromatic rings. The van der Waals surface area contributed by atoms with Crippen LogP contribution in [-0.4, -0.2) is 40.3 Å². The van der Waals surface area contributed by atoms with Gasteiger partial charge in [-0.15, -0.1) is 11.3 Å². The molecule has 1 aliphatic heterocycles. The van der Waals surface area contributed by atoms with Crippen molar-refractivity contribution in [2.45, 2.75) is 33.2 Å². The molecule has 0 radical (unpaired) electrons. The van der Waals surface area contributed by atoms with Crippen LogP contribution in [0.2, 0.25) is 0 Å². The predicted octanol–water partition coefficient (Wildman–Crippen LogP) is 3.76. The summed E-state index contributed by atoms with van der Waals surface area (Å²) in [5, 5.41) is 11.3. The number of carbonyl (C=O) groups is 2. The Morgan fingerprint density at radius 1 is 1.37 bits per heavy atom. The molecule has 1 unspecified atom stereocenters. The van der Waals surface area contributed by atoms with Crippen LogP contribution in [0.15, 0.2) is 35.6 Å². The first-order valence-corrected chi connectivity index (χ1v) is 9.57. The standard InChI is InChI=1S/C20H22N2O4S/c1-5-9-22-16(13-7-6-8-14(10-13)26-4)15(18(24)20(22)25)17(23)19-11(2)21-12(3)27-19/h6-8,10,16,24H,5,9H2,1-4H3. The van der Waals surface area contributed by atoms with Gasteiger partial charge in [0.2, 0.25) is 5.78 Å². The maximum Gasteiger partial charge on any atom is 0.290 e. The van der Waals surface area contributed by atoms with E-state index >= 15 is 0 Å². The van der Waals surface area contributed by atoms with Gasteiger partial charge in [0, 0.05) is 6.54 Å². The molecule has 0 fully saturated rings. The highest BCUT2D eigenvalue weighted by Gasteiger charge is 2.44. The summed E-state index contributed by atoms with van der Waals surface area (Å²) in [5.74, 6) is -0.728. The fourth-order valence-corrected chi connectivity index (χ4v) is 4.25. The van der Waals surface area contributed by atoms with E-state index in [1.54, 1.807) is 31.1 Å². The van der Waals surface area contributed by atoms with Gasteiger partial charge in [0.05, 0.1) is 34.3 Å². The summed E-state index contributed by atoms with van der Waals surface area (Å²) in [6, 6.07) is 6.58. The Balaban J connectivity index is 2.14. The summed E-state index contributed by atoms with van der Waals surface area (Å²) in [6.45, 7) is 5.96. The molecule has 1 aromatic carbocycles. The zero-order valence-electron chi connectivity index (χ0n) is 15.8. The summed E-state index contributed by atoms with van der Waals surface area (Å²) >= 11 is 1.27. The van der Waals surface area contributed by atoms with Crippen molar-refractivity contribution in [2.75, 3.05) is 13.7 Å². The second-order valence-electron chi connectivity index (χ2n) is 6.42. The van der Waals surface area contributed by atoms with Crippen molar-refractivity contribution in [3.8, 4) is 5.75 Å². The Bertz CT molecular complexity index is 932. The number of aliphatic hydroxyl groups excluding tert-OH is 1. The van der Waals surface area contributed by atoms with Crippen LogP contribution in [0, 0.1) is 13.8 Å². The Hall–Kier alpha value is -2.67. The molecule has 1 aliphatic rings. The van der Waals surface area contributed by atoms with Gasteiger partial charge in [-0.2, -0.15) is 0 Å². The summed E-state index contributed by atoms with van der Waals surface area (Å²) in [6.07, 6.45) is 0.708. The number of aromatic nitrogens is 1. The van der Waals surface area contributed by atoms with E-state index in [0.717, 1.165) is 10.6 Å². The molecule has 27 heavy (non-hydrogen) atoms. The quantitative estimate of drug-likeness (QED) is 0.765. The number of rotatable bonds is 6. The summed E-state index contributed by atoms with van der Waals surface area (Å²) in [4.78, 5) is 32.3. The Labute approximate surface area is 162 Å². The Morgan fingerprint density at radius 2 is 2.11 bits per heavy atom. The number of thiazole rings is 1. The minimum absolute atomic E-state index is 0.105. The minimum Gasteiger partial charge on any atom is -0.503 e. The molecule has 6 nitrogen and oxygen atoms in total. The zero-order valence-corrected chi connectivity index (χ0v) is 16.6. The number of hydrogen-bond donors (Lipinski definition) is 1. The van der Waals surface area contributed by atoms with Crippen LogP contribution in [-0.2, 0) is 4.79 Å². The van der Waals surface area contributed by atoms with Crippen molar-refractivity contribution >= 4 is 23.0 Å². The fraction of sp³-hybridized carbons (Fsp3) is 0.350. The number of ether oxygens (including phenoxy) is 1. The maximum atomic E-state index is 13.3.